The molecule has 6 rings (SSSR count). The summed E-state index contributed by atoms with van der Waals surface area (Å²) in [6.45, 7) is 0. The summed E-state index contributed by atoms with van der Waals surface area (Å²) in [5.74, 6) is 0.405. The topological polar surface area (TPSA) is 90.3 Å². The molecule has 25 heavy (non-hydrogen) atoms. The van der Waals surface area contributed by atoms with Crippen LogP contribution in [0, 0.1) is 46.8 Å². The third-order valence-electron chi connectivity index (χ3n) is 6.63. The molecule has 1 heterocycles. The minimum Gasteiger partial charge on any atom is -0.272 e. The number of hydrogen-bond acceptors (Lipinski definition) is 4. The Balaban J connectivity index is 1.38. The monoisotopic (exact) mass is 335 g/mol. The second-order valence-corrected chi connectivity index (χ2v) is 7.66. The normalized spacial score (nSPS) is 37.3. The number of imide groups is 1. The molecule has 4 saturated carbocycles. The standard InChI is InChI=1S/C19H17N3O3/c20-8-9-1-3-10(4-2-9)17(23)21-22-18(24)15-11-5-6-12(14-7-13(11)14)16(15)19(22)25/h1-4,11-16H,5-7H2,(H,21,23)/t11?,12?,13?,14?,15-,16+. The molecule has 6 heteroatoms. The molecule has 126 valence electrons. The molecule has 1 aliphatic heterocycles. The van der Waals surface area contributed by atoms with Crippen LogP contribution >= 0.6 is 0 Å². The number of nitriles is 1. The average Bonchev–Trinajstić information content (AvgIpc) is 3.43. The van der Waals surface area contributed by atoms with Crippen molar-refractivity contribution in [2.75, 3.05) is 0 Å². The lowest BCUT2D eigenvalue weighted by Gasteiger charge is -2.42. The third-order valence-corrected chi connectivity index (χ3v) is 6.63. The molecule has 1 saturated heterocycles. The van der Waals surface area contributed by atoms with Crippen LogP contribution < -0.4 is 5.43 Å². The number of nitrogens with zero attached hydrogens (tertiary/aromatic N) is 2. The molecule has 0 spiro atoms. The van der Waals surface area contributed by atoms with E-state index in [0.717, 1.165) is 17.9 Å². The zero-order valence-electron chi connectivity index (χ0n) is 13.5. The summed E-state index contributed by atoms with van der Waals surface area (Å²) in [7, 11) is 0. The molecule has 1 aromatic rings. The number of fused-ring (bicyclic) bond motifs is 1. The molecule has 3 amide bonds. The van der Waals surface area contributed by atoms with Gasteiger partial charge < -0.3 is 0 Å². The van der Waals surface area contributed by atoms with Crippen molar-refractivity contribution in [1.82, 2.24) is 10.4 Å². The predicted octanol–water partition coefficient (Wildman–Crippen LogP) is 1.48. The molecule has 5 fully saturated rings. The Kier molecular flexibility index (Phi) is 2.88. The van der Waals surface area contributed by atoms with Gasteiger partial charge in [0.1, 0.15) is 0 Å². The van der Waals surface area contributed by atoms with Crippen molar-refractivity contribution in [1.29, 1.82) is 5.26 Å². The molecule has 6 atom stereocenters. The van der Waals surface area contributed by atoms with Gasteiger partial charge >= 0.3 is 0 Å². The Labute approximate surface area is 144 Å². The van der Waals surface area contributed by atoms with Crippen LogP contribution in [0.1, 0.15) is 35.2 Å². The van der Waals surface area contributed by atoms with Crippen LogP contribution in [0.3, 0.4) is 0 Å². The Bertz CT molecular complexity index is 806. The molecule has 5 aliphatic rings. The fourth-order valence-corrected chi connectivity index (χ4v) is 5.51. The quantitative estimate of drug-likeness (QED) is 0.829. The van der Waals surface area contributed by atoms with E-state index in [1.165, 1.54) is 30.7 Å². The van der Waals surface area contributed by atoms with E-state index in [1.807, 2.05) is 6.07 Å². The highest BCUT2D eigenvalue weighted by atomic mass is 16.2. The largest absolute Gasteiger partial charge is 0.272 e. The Hall–Kier alpha value is -2.68. The van der Waals surface area contributed by atoms with E-state index < -0.39 is 5.91 Å². The SMILES string of the molecule is N#Cc1ccc(C(=O)NN2C(=O)[C@@H]3C4CCC(C5CC54)[C@@H]3C2=O)cc1. The van der Waals surface area contributed by atoms with Gasteiger partial charge in [0, 0.05) is 5.56 Å². The second kappa shape index (κ2) is 4.92. The highest BCUT2D eigenvalue weighted by molar-refractivity contribution is 6.08. The molecule has 1 aromatic carbocycles. The number of carbonyl (C=O) groups excluding carboxylic acids is 3. The van der Waals surface area contributed by atoms with Crippen LogP contribution in [-0.4, -0.2) is 22.7 Å². The van der Waals surface area contributed by atoms with Crippen molar-refractivity contribution in [3.63, 3.8) is 0 Å². The van der Waals surface area contributed by atoms with Crippen LogP contribution in [0.15, 0.2) is 24.3 Å². The molecule has 0 aromatic heterocycles. The van der Waals surface area contributed by atoms with Gasteiger partial charge in [0.15, 0.2) is 0 Å². The molecule has 0 radical (unpaired) electrons. The molecule has 1 N–H and O–H groups in total. The van der Waals surface area contributed by atoms with Crippen LogP contribution in [0.4, 0.5) is 0 Å². The van der Waals surface area contributed by atoms with E-state index in [4.69, 9.17) is 5.26 Å². The second-order valence-electron chi connectivity index (χ2n) is 7.66. The van der Waals surface area contributed by atoms with Crippen molar-refractivity contribution in [3.05, 3.63) is 35.4 Å². The van der Waals surface area contributed by atoms with Gasteiger partial charge in [-0.15, -0.1) is 0 Å². The van der Waals surface area contributed by atoms with Crippen LogP contribution in [0.2, 0.25) is 0 Å². The van der Waals surface area contributed by atoms with E-state index in [1.54, 1.807) is 0 Å². The zero-order valence-corrected chi connectivity index (χ0v) is 13.5. The van der Waals surface area contributed by atoms with Crippen molar-refractivity contribution in [3.8, 4) is 6.07 Å². The molecular formula is C19H17N3O3. The van der Waals surface area contributed by atoms with E-state index in [-0.39, 0.29) is 23.7 Å². The van der Waals surface area contributed by atoms with E-state index in [9.17, 15) is 14.4 Å². The summed E-state index contributed by atoms with van der Waals surface area (Å²) >= 11 is 0. The van der Waals surface area contributed by atoms with Crippen LogP contribution in [-0.2, 0) is 9.59 Å². The first-order valence-corrected chi connectivity index (χ1v) is 8.79. The number of hydrazine groups is 1. The third kappa shape index (κ3) is 1.92. The first-order chi connectivity index (χ1) is 12.1. The van der Waals surface area contributed by atoms with Gasteiger partial charge in [-0.3, -0.25) is 19.8 Å². The fraction of sp³-hybridized carbons (Fsp3) is 0.474. The average molecular weight is 335 g/mol. The smallest absolute Gasteiger partial charge is 0.270 e. The Morgan fingerprint density at radius 1 is 1.00 bits per heavy atom. The van der Waals surface area contributed by atoms with Crippen molar-refractivity contribution < 1.29 is 14.4 Å². The van der Waals surface area contributed by atoms with Gasteiger partial charge in [0.2, 0.25) is 0 Å². The summed E-state index contributed by atoms with van der Waals surface area (Å²) in [6.07, 6.45) is 3.23. The van der Waals surface area contributed by atoms with Crippen molar-refractivity contribution in [2.45, 2.75) is 19.3 Å². The lowest BCUT2D eigenvalue weighted by atomic mass is 9.59. The number of benzene rings is 1. The van der Waals surface area contributed by atoms with Crippen molar-refractivity contribution >= 4 is 17.7 Å². The maximum absolute atomic E-state index is 12.8. The van der Waals surface area contributed by atoms with E-state index in [0.29, 0.717) is 34.8 Å². The molecule has 2 bridgehead atoms. The molecule has 4 aliphatic carbocycles. The van der Waals surface area contributed by atoms with Gasteiger partial charge in [0.25, 0.3) is 17.7 Å². The van der Waals surface area contributed by atoms with Gasteiger partial charge in [-0.2, -0.15) is 10.3 Å². The highest BCUT2D eigenvalue weighted by Gasteiger charge is 2.68. The predicted molar refractivity (Wildman–Crippen MR) is 85.3 cm³/mol. The van der Waals surface area contributed by atoms with Gasteiger partial charge in [-0.25, -0.2) is 0 Å². The Morgan fingerprint density at radius 2 is 1.56 bits per heavy atom. The van der Waals surface area contributed by atoms with E-state index in [2.05, 4.69) is 5.43 Å². The summed E-state index contributed by atoms with van der Waals surface area (Å²) in [4.78, 5) is 38.0. The summed E-state index contributed by atoms with van der Waals surface area (Å²) in [6, 6.07) is 8.10. The minimum atomic E-state index is -0.498. The Morgan fingerprint density at radius 3 is 2.08 bits per heavy atom. The lowest BCUT2D eigenvalue weighted by molar-refractivity contribution is -0.143. The number of rotatable bonds is 2. The fourth-order valence-electron chi connectivity index (χ4n) is 5.51. The van der Waals surface area contributed by atoms with Crippen molar-refractivity contribution in [2.24, 2.45) is 35.5 Å². The van der Waals surface area contributed by atoms with Crippen LogP contribution in [0.5, 0.6) is 0 Å². The number of nitrogens with one attached hydrogen (secondary N) is 1. The molecular weight excluding hydrogens is 318 g/mol. The van der Waals surface area contributed by atoms with Gasteiger partial charge in [-0.05, 0) is 67.2 Å². The summed E-state index contributed by atoms with van der Waals surface area (Å²) in [5, 5.41) is 9.78. The molecule has 4 unspecified atom stereocenters. The zero-order chi connectivity index (χ0) is 17.3. The maximum Gasteiger partial charge on any atom is 0.270 e. The summed E-state index contributed by atoms with van der Waals surface area (Å²) in [5.41, 5.74) is 3.27. The van der Waals surface area contributed by atoms with Crippen LogP contribution in [0.25, 0.3) is 0 Å². The number of hydrogen-bond donors (Lipinski definition) is 1. The minimum absolute atomic E-state index is 0.239. The number of carbonyl (C=O) groups is 3. The summed E-state index contributed by atoms with van der Waals surface area (Å²) < 4.78 is 0. The first kappa shape index (κ1) is 14.6. The lowest BCUT2D eigenvalue weighted by Crippen LogP contribution is -2.46. The highest BCUT2D eigenvalue weighted by Crippen LogP contribution is 2.67. The van der Waals surface area contributed by atoms with E-state index >= 15 is 0 Å². The van der Waals surface area contributed by atoms with Gasteiger partial charge in [0.05, 0.1) is 23.5 Å². The number of amides is 3. The molecule has 6 nitrogen and oxygen atoms in total. The van der Waals surface area contributed by atoms with Gasteiger partial charge in [-0.1, -0.05) is 0 Å². The first-order valence-electron chi connectivity index (χ1n) is 8.79. The maximum atomic E-state index is 12.8.